The Labute approximate surface area is 187 Å². The number of thioether (sulfide) groups is 1. The van der Waals surface area contributed by atoms with Gasteiger partial charge in [0.1, 0.15) is 16.2 Å². The van der Waals surface area contributed by atoms with Gasteiger partial charge in [-0.2, -0.15) is 5.01 Å². The Balaban J connectivity index is 1.39. The van der Waals surface area contributed by atoms with Crippen LogP contribution < -0.4 is 16.3 Å². The lowest BCUT2D eigenvalue weighted by Crippen LogP contribution is -2.52. The van der Waals surface area contributed by atoms with Crippen LogP contribution in [0.4, 0.5) is 4.79 Å². The summed E-state index contributed by atoms with van der Waals surface area (Å²) >= 11 is 2.74. The number of aromatic nitrogens is 2. The third-order valence-electron chi connectivity index (χ3n) is 6.02. The standard InChI is InChI=1S/C20H25N5O4S2/c1-10-11(2)31-17-14(10)16(27)21-13(22-17)9-30-12(3)15(26)24-25-18(28)20(23-19(25)29)7-5-4-6-8-20/h12H,4-9H2,1-3H3,(H,23,29)(H,24,26)(H,21,22,27)/t12-/m1/s1. The summed E-state index contributed by atoms with van der Waals surface area (Å²) < 4.78 is 0. The van der Waals surface area contributed by atoms with Crippen molar-refractivity contribution in [1.29, 1.82) is 0 Å². The maximum atomic E-state index is 12.8. The molecule has 1 spiro atoms. The highest BCUT2D eigenvalue weighted by Gasteiger charge is 2.52. The number of imide groups is 1. The monoisotopic (exact) mass is 463 g/mol. The molecule has 2 aromatic rings. The van der Waals surface area contributed by atoms with E-state index in [1.807, 2.05) is 13.8 Å². The summed E-state index contributed by atoms with van der Waals surface area (Å²) in [4.78, 5) is 59.1. The number of rotatable bonds is 5. The number of nitrogens with zero attached hydrogens (tertiary/aromatic N) is 2. The molecule has 1 saturated heterocycles. The Hall–Kier alpha value is -2.40. The average Bonchev–Trinajstić information content (AvgIpc) is 3.14. The second-order valence-corrected chi connectivity index (χ2v) is 10.7. The molecule has 1 aliphatic heterocycles. The van der Waals surface area contributed by atoms with E-state index in [1.54, 1.807) is 6.92 Å². The van der Waals surface area contributed by atoms with Crippen LogP contribution in [0.15, 0.2) is 4.79 Å². The lowest BCUT2D eigenvalue weighted by atomic mass is 9.82. The van der Waals surface area contributed by atoms with Gasteiger partial charge in [-0.25, -0.2) is 9.78 Å². The van der Waals surface area contributed by atoms with Crippen molar-refractivity contribution in [2.75, 3.05) is 0 Å². The van der Waals surface area contributed by atoms with Gasteiger partial charge in [0.2, 0.25) is 0 Å². The number of carbonyl (C=O) groups is 3. The molecule has 1 saturated carbocycles. The normalized spacial score (nSPS) is 19.1. The zero-order valence-electron chi connectivity index (χ0n) is 17.7. The van der Waals surface area contributed by atoms with Gasteiger partial charge in [-0.1, -0.05) is 19.3 Å². The van der Waals surface area contributed by atoms with E-state index >= 15 is 0 Å². The third kappa shape index (κ3) is 3.96. The quantitative estimate of drug-likeness (QED) is 0.585. The van der Waals surface area contributed by atoms with Crippen molar-refractivity contribution in [3.8, 4) is 0 Å². The largest absolute Gasteiger partial charge is 0.344 e. The predicted octanol–water partition coefficient (Wildman–Crippen LogP) is 2.51. The summed E-state index contributed by atoms with van der Waals surface area (Å²) in [5.74, 6) is -0.0328. The van der Waals surface area contributed by atoms with Gasteiger partial charge >= 0.3 is 6.03 Å². The van der Waals surface area contributed by atoms with E-state index in [4.69, 9.17) is 0 Å². The van der Waals surface area contributed by atoms with Crippen molar-refractivity contribution < 1.29 is 14.4 Å². The Kier molecular flexibility index (Phi) is 5.82. The van der Waals surface area contributed by atoms with Crippen LogP contribution in [-0.4, -0.2) is 43.6 Å². The molecule has 31 heavy (non-hydrogen) atoms. The van der Waals surface area contributed by atoms with E-state index < -0.39 is 22.7 Å². The first-order valence-corrected chi connectivity index (χ1v) is 12.2. The number of aromatic amines is 1. The second-order valence-electron chi connectivity index (χ2n) is 8.12. The first kappa shape index (κ1) is 21.8. The highest BCUT2D eigenvalue weighted by molar-refractivity contribution is 7.99. The summed E-state index contributed by atoms with van der Waals surface area (Å²) in [5, 5.41) is 3.63. The van der Waals surface area contributed by atoms with Crippen molar-refractivity contribution in [3.05, 3.63) is 26.6 Å². The number of nitrogens with one attached hydrogen (secondary N) is 3. The number of amides is 4. The zero-order valence-corrected chi connectivity index (χ0v) is 19.3. The fraction of sp³-hybridized carbons (Fsp3) is 0.550. The van der Waals surface area contributed by atoms with Crippen molar-refractivity contribution in [2.45, 2.75) is 69.4 Å². The van der Waals surface area contributed by atoms with E-state index in [0.29, 0.717) is 34.6 Å². The van der Waals surface area contributed by atoms with Crippen molar-refractivity contribution in [3.63, 3.8) is 0 Å². The minimum Gasteiger partial charge on any atom is -0.322 e. The summed E-state index contributed by atoms with van der Waals surface area (Å²) in [5.41, 5.74) is 2.33. The molecule has 1 atom stereocenters. The van der Waals surface area contributed by atoms with Gasteiger partial charge in [0, 0.05) is 4.88 Å². The minimum absolute atomic E-state index is 0.184. The van der Waals surface area contributed by atoms with Gasteiger partial charge in [0.15, 0.2) is 0 Å². The molecule has 2 fully saturated rings. The number of urea groups is 1. The van der Waals surface area contributed by atoms with Crippen LogP contribution >= 0.6 is 23.1 Å². The molecule has 0 radical (unpaired) electrons. The number of carbonyl (C=O) groups excluding carboxylic acids is 3. The Morgan fingerprint density at radius 3 is 2.68 bits per heavy atom. The first-order chi connectivity index (χ1) is 14.7. The Morgan fingerprint density at radius 2 is 1.97 bits per heavy atom. The van der Waals surface area contributed by atoms with Crippen LogP contribution in [0.25, 0.3) is 10.2 Å². The number of thiophene rings is 1. The smallest absolute Gasteiger partial charge is 0.322 e. The molecule has 0 bridgehead atoms. The molecule has 0 unspecified atom stereocenters. The van der Waals surface area contributed by atoms with Gasteiger partial charge in [-0.3, -0.25) is 19.8 Å². The van der Waals surface area contributed by atoms with Crippen LogP contribution in [0.5, 0.6) is 0 Å². The number of hydrogen-bond acceptors (Lipinski definition) is 7. The van der Waals surface area contributed by atoms with Crippen molar-refractivity contribution in [2.24, 2.45) is 0 Å². The van der Waals surface area contributed by atoms with Crippen molar-refractivity contribution >= 4 is 51.2 Å². The van der Waals surface area contributed by atoms with Gasteiger partial charge in [-0.15, -0.1) is 23.1 Å². The number of H-pyrrole nitrogens is 1. The number of hydrogen-bond donors (Lipinski definition) is 3. The highest BCUT2D eigenvalue weighted by Crippen LogP contribution is 2.33. The second kappa shape index (κ2) is 8.27. The maximum Gasteiger partial charge on any atom is 0.344 e. The van der Waals surface area contributed by atoms with E-state index in [2.05, 4.69) is 20.7 Å². The molecule has 3 heterocycles. The van der Waals surface area contributed by atoms with Crippen LogP contribution in [0.1, 0.15) is 55.3 Å². The Bertz CT molecular complexity index is 1120. The summed E-state index contributed by atoms with van der Waals surface area (Å²) in [6.45, 7) is 5.54. The van der Waals surface area contributed by atoms with Crippen LogP contribution in [0, 0.1) is 13.8 Å². The molecule has 4 amide bonds. The predicted molar refractivity (Wildman–Crippen MR) is 120 cm³/mol. The number of hydrazine groups is 1. The molecule has 0 aromatic carbocycles. The maximum absolute atomic E-state index is 12.8. The molecule has 3 N–H and O–H groups in total. The van der Waals surface area contributed by atoms with Gasteiger partial charge in [-0.05, 0) is 39.2 Å². The van der Waals surface area contributed by atoms with Gasteiger partial charge in [0.05, 0.1) is 16.4 Å². The highest BCUT2D eigenvalue weighted by atomic mass is 32.2. The number of aryl methyl sites for hydroxylation is 2. The first-order valence-electron chi connectivity index (χ1n) is 10.3. The molecular formula is C20H25N5O4S2. The summed E-state index contributed by atoms with van der Waals surface area (Å²) in [7, 11) is 0. The molecule has 11 heteroatoms. The van der Waals surface area contributed by atoms with E-state index in [9.17, 15) is 19.2 Å². The summed E-state index contributed by atoms with van der Waals surface area (Å²) in [6, 6.07) is -0.586. The third-order valence-corrected chi connectivity index (χ3v) is 8.27. The van der Waals surface area contributed by atoms with Gasteiger partial charge in [0.25, 0.3) is 17.4 Å². The molecular weight excluding hydrogens is 438 g/mol. The van der Waals surface area contributed by atoms with Crippen LogP contribution in [0.2, 0.25) is 0 Å². The molecule has 2 aliphatic rings. The van der Waals surface area contributed by atoms with Crippen LogP contribution in [0.3, 0.4) is 0 Å². The lowest BCUT2D eigenvalue weighted by molar-refractivity contribution is -0.139. The SMILES string of the molecule is Cc1sc2nc(CS[C@H](C)C(=O)NN3C(=O)NC4(CCCCC4)C3=O)[nH]c(=O)c2c1C. The van der Waals surface area contributed by atoms with E-state index in [1.165, 1.54) is 23.1 Å². The lowest BCUT2D eigenvalue weighted by Gasteiger charge is -2.30. The molecule has 1 aliphatic carbocycles. The zero-order chi connectivity index (χ0) is 22.3. The fourth-order valence-electron chi connectivity index (χ4n) is 4.06. The van der Waals surface area contributed by atoms with Crippen LogP contribution in [-0.2, 0) is 15.3 Å². The fourth-order valence-corrected chi connectivity index (χ4v) is 5.86. The minimum atomic E-state index is -0.880. The molecule has 4 rings (SSSR count). The molecule has 2 aromatic heterocycles. The molecule has 9 nitrogen and oxygen atoms in total. The Morgan fingerprint density at radius 1 is 1.26 bits per heavy atom. The average molecular weight is 464 g/mol. The van der Waals surface area contributed by atoms with E-state index in [0.717, 1.165) is 34.7 Å². The topological polar surface area (TPSA) is 124 Å². The van der Waals surface area contributed by atoms with Gasteiger partial charge < -0.3 is 10.3 Å². The molecule has 166 valence electrons. The number of fused-ring (bicyclic) bond motifs is 1. The summed E-state index contributed by atoms with van der Waals surface area (Å²) in [6.07, 6.45) is 3.98. The van der Waals surface area contributed by atoms with Crippen molar-refractivity contribution in [1.82, 2.24) is 25.7 Å². The van der Waals surface area contributed by atoms with E-state index in [-0.39, 0.29) is 11.5 Å².